The van der Waals surface area contributed by atoms with Crippen LogP contribution in [0.3, 0.4) is 0 Å². The molecule has 0 amide bonds. The van der Waals surface area contributed by atoms with Crippen molar-refractivity contribution >= 4 is 0 Å². The predicted molar refractivity (Wildman–Crippen MR) is 390 cm³/mol. The monoisotopic (exact) mass is 1750 g/mol. The van der Waals surface area contributed by atoms with E-state index in [1.165, 1.54) is 12.5 Å². The molecular weight excluding hydrogens is 1640 g/mol. The first-order valence-corrected chi connectivity index (χ1v) is 37.7. The second-order valence-corrected chi connectivity index (χ2v) is 25.8. The smallest absolute Gasteiger partial charge is 0.422 e. The lowest BCUT2D eigenvalue weighted by molar-refractivity contribution is -0.187. The van der Waals surface area contributed by atoms with E-state index in [2.05, 4.69) is 30.7 Å². The van der Waals surface area contributed by atoms with Gasteiger partial charge in [-0.25, -0.2) is 43.9 Å². The van der Waals surface area contributed by atoms with Gasteiger partial charge in [-0.2, -0.15) is 79.0 Å². The van der Waals surface area contributed by atoms with Crippen LogP contribution in [0.25, 0.3) is 0 Å². The summed E-state index contributed by atoms with van der Waals surface area (Å²) in [4.78, 5) is 0. The highest BCUT2D eigenvalue weighted by Gasteiger charge is 2.44. The molecule has 2 saturated carbocycles. The van der Waals surface area contributed by atoms with E-state index in [-0.39, 0.29) is 88.9 Å². The molecule has 6 aromatic carbocycles. The standard InChI is InChI=1S/C11H19F3O.C10H7F7O.C10H17F3O.C10H11F3O.C10H14O.2C9H9F3O.C9H12O.2C2H3F3/c1-2-7-15-8-9-3-5-10(6-4-9)11(12,13)14;1-2-3-18-9-7(13)5(11)4(10(15,16)17)6(12)8(9)14;1-2-7-14-9-5-3-8(4-6-9)10(11,12)13;1-2-3-14-6-7-4-9(12)10(13)5-8(7)11;1-2-8-11-9-10-6-4-3-5-7-10;1-2-5-13-7-4-3-6(10)8(11)9(7)12;1-2-3-13-6-4-7(10)9(12)8(11)5-6;1-2-8-10-9-6-4-3-5-7-9;2*1-2(3,4)5/h9-10H,2-8H2,1H3;2-3H2,1H3;8-9H,2-7H2,1H3;4-5H,2-3,6H2,1H3;3-7H,2,8-9H2,1H3;3-4H,2,5H2,1H3;4-5H,2-3H2,1H3;3-7H,2,8H2,1H3;2*1H3. The third-order valence-electron chi connectivity index (χ3n) is 14.9. The van der Waals surface area contributed by atoms with E-state index in [0.29, 0.717) is 70.5 Å². The number of hydrogen-bond donors (Lipinski definition) is 0. The number of halogens is 28. The molecule has 0 heterocycles. The highest BCUT2D eigenvalue weighted by atomic mass is 19.4. The fourth-order valence-electron chi connectivity index (χ4n) is 9.40. The average molecular weight is 1750 g/mol. The summed E-state index contributed by atoms with van der Waals surface area (Å²) in [5.74, 6) is -22.9. The van der Waals surface area contributed by atoms with Crippen molar-refractivity contribution < 1.29 is 161 Å². The predicted octanol–water partition coefficient (Wildman–Crippen LogP) is 28.4. The topological polar surface area (TPSA) is 73.8 Å². The Balaban J connectivity index is 0. The summed E-state index contributed by atoms with van der Waals surface area (Å²) in [5.41, 5.74) is -1.32. The Labute approximate surface area is 670 Å². The van der Waals surface area contributed by atoms with Crippen LogP contribution in [0.15, 0.2) is 97.1 Å². The van der Waals surface area contributed by atoms with E-state index < -0.39 is 130 Å². The molecule has 0 N–H and O–H groups in total. The second kappa shape index (κ2) is 60.8. The molecular formula is C82H104F28O8. The van der Waals surface area contributed by atoms with E-state index in [1.54, 1.807) is 0 Å². The molecule has 6 aromatic rings. The molecule has 0 radical (unpaired) electrons. The van der Waals surface area contributed by atoms with Crippen LogP contribution in [0.4, 0.5) is 123 Å². The maximum absolute atomic E-state index is 13.1. The molecule has 0 aliphatic heterocycles. The van der Waals surface area contributed by atoms with Crippen LogP contribution in [-0.2, 0) is 38.3 Å². The Bertz CT molecular complexity index is 3490. The van der Waals surface area contributed by atoms with Gasteiger partial charge in [0, 0.05) is 70.6 Å². The molecule has 0 bridgehead atoms. The summed E-state index contributed by atoms with van der Waals surface area (Å²) in [6.45, 7) is 21.0. The Morgan fingerprint density at radius 1 is 0.322 bits per heavy atom. The molecule has 2 aliphatic carbocycles. The summed E-state index contributed by atoms with van der Waals surface area (Å²) in [5, 5.41) is 0. The SMILES string of the molecule is CC(F)(F)F.CC(F)(F)F.CCCOC1CCC(C(F)(F)F)CC1.CCCOCC1CCC(C(F)(F)F)CC1.CCCOCc1cc(F)c(F)cc1F.CCCOCc1ccccc1.CCCOc1c(F)c(F)c(C(F)(F)F)c(F)c1F.CCCOc1cc(F)c(F)c(F)c1.CCCOc1ccc(F)c(F)c1F.CCCOc1ccccc1. The van der Waals surface area contributed by atoms with Gasteiger partial charge in [-0.15, -0.1) is 0 Å². The van der Waals surface area contributed by atoms with Crippen molar-refractivity contribution in [2.24, 2.45) is 17.8 Å². The van der Waals surface area contributed by atoms with Crippen molar-refractivity contribution in [3.63, 3.8) is 0 Å². The van der Waals surface area contributed by atoms with Crippen LogP contribution >= 0.6 is 0 Å². The van der Waals surface area contributed by atoms with Gasteiger partial charge < -0.3 is 37.9 Å². The van der Waals surface area contributed by atoms with Crippen LogP contribution in [-0.4, -0.2) is 90.3 Å². The molecule has 0 saturated heterocycles. The minimum absolute atomic E-state index is 0.0123. The molecule has 8 nitrogen and oxygen atoms in total. The molecule has 0 unspecified atom stereocenters. The Morgan fingerprint density at radius 2 is 0.712 bits per heavy atom. The van der Waals surface area contributed by atoms with E-state index in [9.17, 15) is 123 Å². The number of ether oxygens (including phenoxy) is 8. The van der Waals surface area contributed by atoms with Gasteiger partial charge in [-0.05, 0) is 145 Å². The fraction of sp³-hybridized carbons (Fsp3) is 0.561. The summed E-state index contributed by atoms with van der Waals surface area (Å²) < 4.78 is 379. The van der Waals surface area contributed by atoms with Gasteiger partial charge in [0.05, 0.1) is 57.6 Å². The quantitative estimate of drug-likeness (QED) is 0.0219. The Morgan fingerprint density at radius 3 is 1.14 bits per heavy atom. The zero-order valence-electron chi connectivity index (χ0n) is 67.0. The van der Waals surface area contributed by atoms with Crippen molar-refractivity contribution in [2.75, 3.05) is 59.5 Å². The van der Waals surface area contributed by atoms with Gasteiger partial charge in [0.25, 0.3) is 0 Å². The van der Waals surface area contributed by atoms with Crippen molar-refractivity contribution in [3.05, 3.63) is 189 Å². The summed E-state index contributed by atoms with van der Waals surface area (Å²) in [7, 11) is 0. The van der Waals surface area contributed by atoms with Gasteiger partial charge >= 0.3 is 30.9 Å². The van der Waals surface area contributed by atoms with Crippen molar-refractivity contribution in [1.82, 2.24) is 0 Å². The normalized spacial score (nSPS) is 15.0. The van der Waals surface area contributed by atoms with Crippen LogP contribution in [0.5, 0.6) is 23.0 Å². The third-order valence-corrected chi connectivity index (χ3v) is 14.9. The maximum atomic E-state index is 13.1. The third kappa shape index (κ3) is 52.4. The molecule has 676 valence electrons. The lowest BCUT2D eigenvalue weighted by Crippen LogP contribution is -2.30. The second-order valence-electron chi connectivity index (χ2n) is 25.8. The molecule has 0 atom stereocenters. The molecule has 0 aromatic heterocycles. The van der Waals surface area contributed by atoms with Crippen molar-refractivity contribution in [2.45, 2.75) is 222 Å². The van der Waals surface area contributed by atoms with Crippen LogP contribution in [0.2, 0.25) is 0 Å². The molecule has 118 heavy (non-hydrogen) atoms. The van der Waals surface area contributed by atoms with Gasteiger partial charge in [-0.1, -0.05) is 104 Å². The largest absolute Gasteiger partial charge is 0.494 e. The Kier molecular flexibility index (Phi) is 57.9. The van der Waals surface area contributed by atoms with Crippen LogP contribution in [0, 0.1) is 93.4 Å². The number of rotatable bonds is 27. The Hall–Kier alpha value is -7.60. The average Bonchev–Trinajstić information content (AvgIpc) is 0.769. The van der Waals surface area contributed by atoms with E-state index >= 15 is 0 Å². The summed E-state index contributed by atoms with van der Waals surface area (Å²) >= 11 is 0. The maximum Gasteiger partial charge on any atom is 0.422 e. The summed E-state index contributed by atoms with van der Waals surface area (Å²) in [6, 6.07) is 25.0. The van der Waals surface area contributed by atoms with Crippen molar-refractivity contribution in [3.8, 4) is 23.0 Å². The number of benzene rings is 6. The van der Waals surface area contributed by atoms with Gasteiger partial charge in [-0.3, -0.25) is 0 Å². The van der Waals surface area contributed by atoms with Crippen LogP contribution in [0.1, 0.15) is 189 Å². The highest BCUT2D eigenvalue weighted by molar-refractivity contribution is 5.36. The first kappa shape index (κ1) is 112. The van der Waals surface area contributed by atoms with E-state index in [1.807, 2.05) is 83.1 Å². The molecule has 2 aliphatic rings. The molecule has 8 rings (SSSR count). The number of hydrogen-bond acceptors (Lipinski definition) is 8. The lowest BCUT2D eigenvalue weighted by atomic mass is 9.82. The molecule has 0 spiro atoms. The number of para-hydroxylation sites is 1. The van der Waals surface area contributed by atoms with Crippen molar-refractivity contribution in [1.29, 1.82) is 0 Å². The van der Waals surface area contributed by atoms with Gasteiger partial charge in [0.15, 0.2) is 63.9 Å². The minimum atomic E-state index is -5.54. The zero-order chi connectivity index (χ0) is 90.4. The highest BCUT2D eigenvalue weighted by Crippen LogP contribution is 2.42. The number of alkyl halides is 15. The van der Waals surface area contributed by atoms with E-state index in [0.717, 1.165) is 101 Å². The van der Waals surface area contributed by atoms with Gasteiger partial charge in [0.2, 0.25) is 17.5 Å². The minimum Gasteiger partial charge on any atom is -0.494 e. The van der Waals surface area contributed by atoms with Crippen LogP contribution < -0.4 is 18.9 Å². The fourth-order valence-corrected chi connectivity index (χ4v) is 9.40. The van der Waals surface area contributed by atoms with E-state index in [4.69, 9.17) is 33.2 Å². The first-order valence-electron chi connectivity index (χ1n) is 37.7. The zero-order valence-corrected chi connectivity index (χ0v) is 67.0. The lowest BCUT2D eigenvalue weighted by Gasteiger charge is -2.29. The summed E-state index contributed by atoms with van der Waals surface area (Å²) in [6.07, 6.45) is -11.5. The molecule has 36 heteroatoms. The first-order chi connectivity index (χ1) is 55.1. The van der Waals surface area contributed by atoms with Gasteiger partial charge in [0.1, 0.15) is 22.9 Å². The molecule has 2 fully saturated rings.